The minimum atomic E-state index is -4.79. The summed E-state index contributed by atoms with van der Waals surface area (Å²) in [4.78, 5) is 26.2. The topological polar surface area (TPSA) is 78.7 Å². The van der Waals surface area contributed by atoms with Crippen LogP contribution in [0.1, 0.15) is 13.8 Å². The van der Waals surface area contributed by atoms with Crippen molar-refractivity contribution >= 4 is 11.8 Å². The molecule has 3 N–H and O–H groups in total. The monoisotopic (exact) mass is 310 g/mol. The van der Waals surface area contributed by atoms with Crippen LogP contribution in [0.15, 0.2) is 0 Å². The number of carbonyl (C=O) groups is 2. The van der Waals surface area contributed by atoms with E-state index < -0.39 is 17.6 Å². The Hall–Kier alpha value is -1.35. The first-order valence-electron chi connectivity index (χ1n) is 6.73. The molecule has 6 nitrogen and oxygen atoms in total. The minimum absolute atomic E-state index is 0.126. The number of nitrogens with zero attached hydrogens (tertiary/aromatic N) is 2. The van der Waals surface area contributed by atoms with Crippen molar-refractivity contribution in [2.45, 2.75) is 25.6 Å². The van der Waals surface area contributed by atoms with E-state index in [-0.39, 0.29) is 25.5 Å². The van der Waals surface area contributed by atoms with Gasteiger partial charge >= 0.3 is 6.18 Å². The van der Waals surface area contributed by atoms with Gasteiger partial charge < -0.3 is 16.0 Å². The summed E-state index contributed by atoms with van der Waals surface area (Å²) in [6, 6.07) is 0. The van der Waals surface area contributed by atoms with Crippen molar-refractivity contribution < 1.29 is 22.8 Å². The lowest BCUT2D eigenvalue weighted by Crippen LogP contribution is -2.64. The summed E-state index contributed by atoms with van der Waals surface area (Å²) < 4.78 is 38.2. The quantitative estimate of drug-likeness (QED) is 0.737. The second-order valence-electron chi connectivity index (χ2n) is 5.22. The van der Waals surface area contributed by atoms with Crippen LogP contribution < -0.4 is 11.1 Å². The highest BCUT2D eigenvalue weighted by Crippen LogP contribution is 2.29. The predicted octanol–water partition coefficient (Wildman–Crippen LogP) is -0.454. The molecule has 1 aliphatic heterocycles. The molecule has 0 spiro atoms. The number of alkyl halides is 3. The van der Waals surface area contributed by atoms with Gasteiger partial charge in [-0.3, -0.25) is 14.5 Å². The maximum absolute atomic E-state index is 12.7. The molecule has 2 amide bonds. The Bertz CT molecular complexity index is 390. The standard InChI is InChI=1S/C12H21F3N4O2/c1-3-17-9(20)8-18-4-6-19(7-5-18)10(21)11(2,16)12(13,14)15/h3-8,16H2,1-2H3,(H,17,20). The van der Waals surface area contributed by atoms with E-state index >= 15 is 0 Å². The number of piperazine rings is 1. The first-order valence-corrected chi connectivity index (χ1v) is 6.73. The molecule has 1 rings (SSSR count). The molecule has 21 heavy (non-hydrogen) atoms. The molecule has 1 saturated heterocycles. The number of hydrogen-bond donors (Lipinski definition) is 2. The van der Waals surface area contributed by atoms with Crippen LogP contribution in [0.2, 0.25) is 0 Å². The number of carbonyl (C=O) groups excluding carboxylic acids is 2. The van der Waals surface area contributed by atoms with E-state index in [0.717, 1.165) is 4.90 Å². The summed E-state index contributed by atoms with van der Waals surface area (Å²) in [5.74, 6) is -1.27. The summed E-state index contributed by atoms with van der Waals surface area (Å²) in [6.07, 6.45) is -4.79. The maximum Gasteiger partial charge on any atom is 0.415 e. The van der Waals surface area contributed by atoms with Crippen molar-refractivity contribution in [3.05, 3.63) is 0 Å². The van der Waals surface area contributed by atoms with Crippen LogP contribution in [0.4, 0.5) is 13.2 Å². The zero-order valence-electron chi connectivity index (χ0n) is 12.2. The highest BCUT2D eigenvalue weighted by atomic mass is 19.4. The van der Waals surface area contributed by atoms with Gasteiger partial charge in [-0.1, -0.05) is 0 Å². The molecule has 0 aromatic heterocycles. The van der Waals surface area contributed by atoms with E-state index in [1.807, 2.05) is 0 Å². The van der Waals surface area contributed by atoms with E-state index in [2.05, 4.69) is 5.32 Å². The molecule has 1 heterocycles. The molecule has 0 radical (unpaired) electrons. The van der Waals surface area contributed by atoms with Crippen LogP contribution in [-0.2, 0) is 9.59 Å². The fourth-order valence-corrected chi connectivity index (χ4v) is 2.01. The third-order valence-electron chi connectivity index (χ3n) is 3.43. The zero-order chi connectivity index (χ0) is 16.3. The van der Waals surface area contributed by atoms with Crippen molar-refractivity contribution in [1.82, 2.24) is 15.1 Å². The number of likely N-dealkylation sites (N-methyl/N-ethyl adjacent to an activating group) is 1. The average molecular weight is 310 g/mol. The van der Waals surface area contributed by atoms with Crippen molar-refractivity contribution in [3.8, 4) is 0 Å². The number of hydrogen-bond acceptors (Lipinski definition) is 4. The Labute approximate surface area is 121 Å². The van der Waals surface area contributed by atoms with Gasteiger partial charge in [0, 0.05) is 32.7 Å². The van der Waals surface area contributed by atoms with Crippen LogP contribution in [0.3, 0.4) is 0 Å². The molecule has 1 aliphatic rings. The molecular weight excluding hydrogens is 289 g/mol. The van der Waals surface area contributed by atoms with Crippen molar-refractivity contribution in [2.75, 3.05) is 39.3 Å². The number of nitrogens with one attached hydrogen (secondary N) is 1. The maximum atomic E-state index is 12.7. The number of amides is 2. The van der Waals surface area contributed by atoms with Crippen LogP contribution >= 0.6 is 0 Å². The SMILES string of the molecule is CCNC(=O)CN1CCN(C(=O)C(C)(N)C(F)(F)F)CC1. The van der Waals surface area contributed by atoms with Gasteiger partial charge in [0.2, 0.25) is 5.91 Å². The van der Waals surface area contributed by atoms with Gasteiger partial charge in [0.1, 0.15) is 0 Å². The van der Waals surface area contributed by atoms with E-state index in [0.29, 0.717) is 26.6 Å². The second-order valence-corrected chi connectivity index (χ2v) is 5.22. The number of rotatable bonds is 4. The molecule has 0 bridgehead atoms. The molecular formula is C12H21F3N4O2. The molecule has 0 aliphatic carbocycles. The van der Waals surface area contributed by atoms with Gasteiger partial charge in [0.05, 0.1) is 6.54 Å². The van der Waals surface area contributed by atoms with Crippen LogP contribution in [0, 0.1) is 0 Å². The summed E-state index contributed by atoms with van der Waals surface area (Å²) in [7, 11) is 0. The minimum Gasteiger partial charge on any atom is -0.355 e. The summed E-state index contributed by atoms with van der Waals surface area (Å²) in [5.41, 5.74) is 2.25. The van der Waals surface area contributed by atoms with Crippen molar-refractivity contribution in [1.29, 1.82) is 0 Å². The molecule has 1 fully saturated rings. The average Bonchev–Trinajstić information content (AvgIpc) is 2.37. The Morgan fingerprint density at radius 2 is 1.71 bits per heavy atom. The number of halogens is 3. The van der Waals surface area contributed by atoms with Crippen molar-refractivity contribution in [3.63, 3.8) is 0 Å². The molecule has 9 heteroatoms. The van der Waals surface area contributed by atoms with E-state index in [9.17, 15) is 22.8 Å². The smallest absolute Gasteiger partial charge is 0.355 e. The lowest BCUT2D eigenvalue weighted by molar-refractivity contribution is -0.194. The van der Waals surface area contributed by atoms with Crippen LogP contribution in [0.25, 0.3) is 0 Å². The summed E-state index contributed by atoms with van der Waals surface area (Å²) >= 11 is 0. The molecule has 1 unspecified atom stereocenters. The van der Waals surface area contributed by atoms with Gasteiger partial charge in [-0.2, -0.15) is 13.2 Å². The molecule has 122 valence electrons. The Balaban J connectivity index is 2.53. The number of nitrogens with two attached hydrogens (primary N) is 1. The summed E-state index contributed by atoms with van der Waals surface area (Å²) in [5, 5.41) is 2.64. The van der Waals surface area contributed by atoms with Crippen LogP contribution in [-0.4, -0.2) is 72.6 Å². The van der Waals surface area contributed by atoms with Gasteiger partial charge in [0.25, 0.3) is 5.91 Å². The van der Waals surface area contributed by atoms with Gasteiger partial charge in [0.15, 0.2) is 5.54 Å². The Kier molecular flexibility index (Phi) is 5.57. The fourth-order valence-electron chi connectivity index (χ4n) is 2.01. The lowest BCUT2D eigenvalue weighted by Gasteiger charge is -2.38. The first kappa shape index (κ1) is 17.7. The van der Waals surface area contributed by atoms with E-state index in [1.165, 1.54) is 0 Å². The highest BCUT2D eigenvalue weighted by Gasteiger charge is 2.55. The molecule has 1 atom stereocenters. The van der Waals surface area contributed by atoms with E-state index in [4.69, 9.17) is 5.73 Å². The first-order chi connectivity index (χ1) is 9.59. The normalized spacial score (nSPS) is 20.0. The van der Waals surface area contributed by atoms with E-state index in [1.54, 1.807) is 11.8 Å². The molecule has 0 aromatic rings. The third kappa shape index (κ3) is 4.31. The van der Waals surface area contributed by atoms with Gasteiger partial charge in [-0.05, 0) is 13.8 Å². The second kappa shape index (κ2) is 6.61. The molecule has 0 saturated carbocycles. The largest absolute Gasteiger partial charge is 0.415 e. The third-order valence-corrected chi connectivity index (χ3v) is 3.43. The lowest BCUT2D eigenvalue weighted by atomic mass is 10.0. The Morgan fingerprint density at radius 1 is 1.19 bits per heavy atom. The summed E-state index contributed by atoms with van der Waals surface area (Å²) in [6.45, 7) is 4.11. The van der Waals surface area contributed by atoms with Gasteiger partial charge in [-0.15, -0.1) is 0 Å². The Morgan fingerprint density at radius 3 is 2.14 bits per heavy atom. The van der Waals surface area contributed by atoms with Crippen LogP contribution in [0.5, 0.6) is 0 Å². The zero-order valence-corrected chi connectivity index (χ0v) is 12.2. The predicted molar refractivity (Wildman–Crippen MR) is 70.4 cm³/mol. The fraction of sp³-hybridized carbons (Fsp3) is 0.833. The highest BCUT2D eigenvalue weighted by molar-refractivity contribution is 5.86. The van der Waals surface area contributed by atoms with Crippen molar-refractivity contribution in [2.24, 2.45) is 5.73 Å². The molecule has 0 aromatic carbocycles. The van der Waals surface area contributed by atoms with Gasteiger partial charge in [-0.25, -0.2) is 0 Å².